The average molecular weight is 229 g/mol. The third-order valence-corrected chi connectivity index (χ3v) is 2.47. The fourth-order valence-electron chi connectivity index (χ4n) is 1.51. The second-order valence-corrected chi connectivity index (χ2v) is 3.62. The lowest BCUT2D eigenvalue weighted by atomic mass is 10.2. The summed E-state index contributed by atoms with van der Waals surface area (Å²) in [5.74, 6) is 1.30. The van der Waals surface area contributed by atoms with Crippen molar-refractivity contribution in [2.45, 2.75) is 19.9 Å². The van der Waals surface area contributed by atoms with Gasteiger partial charge >= 0.3 is 0 Å². The van der Waals surface area contributed by atoms with Crippen molar-refractivity contribution in [2.24, 2.45) is 5.73 Å². The second kappa shape index (κ2) is 5.41. The molecule has 2 rings (SSSR count). The number of nitrogens with zero attached hydrogens (tertiary/aromatic N) is 2. The van der Waals surface area contributed by atoms with Crippen molar-refractivity contribution < 1.29 is 4.74 Å². The van der Waals surface area contributed by atoms with Crippen LogP contribution in [0.5, 0.6) is 11.6 Å². The summed E-state index contributed by atoms with van der Waals surface area (Å²) < 4.78 is 5.71. The highest BCUT2D eigenvalue weighted by Crippen LogP contribution is 2.23. The zero-order valence-electron chi connectivity index (χ0n) is 9.76. The van der Waals surface area contributed by atoms with Crippen LogP contribution in [-0.4, -0.2) is 9.97 Å². The van der Waals surface area contributed by atoms with Gasteiger partial charge in [0.1, 0.15) is 12.1 Å². The molecule has 0 aliphatic carbocycles. The van der Waals surface area contributed by atoms with Gasteiger partial charge in [-0.3, -0.25) is 0 Å². The zero-order chi connectivity index (χ0) is 12.1. The number of hydrogen-bond donors (Lipinski definition) is 1. The summed E-state index contributed by atoms with van der Waals surface area (Å²) in [6.45, 7) is 2.49. The molecule has 4 nitrogen and oxygen atoms in total. The molecule has 0 unspecified atom stereocenters. The van der Waals surface area contributed by atoms with Crippen molar-refractivity contribution in [3.63, 3.8) is 0 Å². The molecule has 1 aromatic heterocycles. The number of nitrogens with two attached hydrogens (primary N) is 1. The smallest absolute Gasteiger partial charge is 0.222 e. The van der Waals surface area contributed by atoms with Gasteiger partial charge in [-0.25, -0.2) is 9.97 Å². The van der Waals surface area contributed by atoms with Gasteiger partial charge in [0.05, 0.1) is 0 Å². The minimum atomic E-state index is 0.446. The van der Waals surface area contributed by atoms with Crippen LogP contribution in [0.4, 0.5) is 0 Å². The lowest BCUT2D eigenvalue weighted by molar-refractivity contribution is 0.455. The van der Waals surface area contributed by atoms with Gasteiger partial charge in [-0.1, -0.05) is 25.1 Å². The van der Waals surface area contributed by atoms with E-state index in [0.717, 1.165) is 23.4 Å². The molecular weight excluding hydrogens is 214 g/mol. The van der Waals surface area contributed by atoms with E-state index in [9.17, 15) is 0 Å². The van der Waals surface area contributed by atoms with Crippen LogP contribution >= 0.6 is 0 Å². The van der Waals surface area contributed by atoms with Crippen LogP contribution in [0.1, 0.15) is 18.2 Å². The van der Waals surface area contributed by atoms with Crippen LogP contribution in [0.3, 0.4) is 0 Å². The molecule has 2 aromatic rings. The third-order valence-electron chi connectivity index (χ3n) is 2.47. The molecule has 2 N–H and O–H groups in total. The quantitative estimate of drug-likeness (QED) is 0.873. The molecule has 1 heterocycles. The zero-order valence-corrected chi connectivity index (χ0v) is 9.76. The molecule has 0 bridgehead atoms. The SMILES string of the molecule is CCc1cc(Oc2ccccc2CN)ncn1. The lowest BCUT2D eigenvalue weighted by Crippen LogP contribution is -2.00. The van der Waals surface area contributed by atoms with Gasteiger partial charge < -0.3 is 10.5 Å². The molecule has 0 aliphatic heterocycles. The predicted octanol–water partition coefficient (Wildman–Crippen LogP) is 2.29. The summed E-state index contributed by atoms with van der Waals surface area (Å²) in [5.41, 5.74) is 7.57. The van der Waals surface area contributed by atoms with Crippen molar-refractivity contribution in [3.05, 3.63) is 47.9 Å². The van der Waals surface area contributed by atoms with E-state index in [1.807, 2.05) is 37.3 Å². The number of ether oxygens (including phenoxy) is 1. The first kappa shape index (κ1) is 11.5. The summed E-state index contributed by atoms with van der Waals surface area (Å²) in [4.78, 5) is 8.21. The Morgan fingerprint density at radius 3 is 2.82 bits per heavy atom. The monoisotopic (exact) mass is 229 g/mol. The Hall–Kier alpha value is -1.94. The van der Waals surface area contributed by atoms with E-state index in [1.54, 1.807) is 0 Å². The Morgan fingerprint density at radius 2 is 2.06 bits per heavy atom. The van der Waals surface area contributed by atoms with Crippen LogP contribution in [0.25, 0.3) is 0 Å². The van der Waals surface area contributed by atoms with E-state index >= 15 is 0 Å². The Balaban J connectivity index is 2.24. The number of aromatic nitrogens is 2. The Bertz CT molecular complexity index is 500. The molecule has 0 radical (unpaired) electrons. The highest BCUT2D eigenvalue weighted by molar-refractivity contribution is 5.35. The topological polar surface area (TPSA) is 61.0 Å². The summed E-state index contributed by atoms with van der Waals surface area (Å²) in [6.07, 6.45) is 2.37. The van der Waals surface area contributed by atoms with E-state index in [1.165, 1.54) is 6.33 Å². The van der Waals surface area contributed by atoms with Crippen molar-refractivity contribution >= 4 is 0 Å². The molecule has 88 valence electrons. The van der Waals surface area contributed by atoms with E-state index in [0.29, 0.717) is 12.4 Å². The Kier molecular flexibility index (Phi) is 3.67. The first-order chi connectivity index (χ1) is 8.33. The van der Waals surface area contributed by atoms with Gasteiger partial charge in [-0.15, -0.1) is 0 Å². The average Bonchev–Trinajstić information content (AvgIpc) is 2.39. The van der Waals surface area contributed by atoms with Crippen molar-refractivity contribution in [3.8, 4) is 11.6 Å². The van der Waals surface area contributed by atoms with Gasteiger partial charge in [0.2, 0.25) is 5.88 Å². The minimum absolute atomic E-state index is 0.446. The molecule has 17 heavy (non-hydrogen) atoms. The summed E-state index contributed by atoms with van der Waals surface area (Å²) >= 11 is 0. The number of benzene rings is 1. The van der Waals surface area contributed by atoms with E-state index < -0.39 is 0 Å². The molecule has 0 atom stereocenters. The maximum absolute atomic E-state index is 5.71. The van der Waals surface area contributed by atoms with Crippen molar-refractivity contribution in [1.29, 1.82) is 0 Å². The molecule has 0 fully saturated rings. The Morgan fingerprint density at radius 1 is 1.24 bits per heavy atom. The van der Waals surface area contributed by atoms with E-state index in [-0.39, 0.29) is 0 Å². The lowest BCUT2D eigenvalue weighted by Gasteiger charge is -2.09. The van der Waals surface area contributed by atoms with Crippen LogP contribution in [0, 0.1) is 0 Å². The summed E-state index contributed by atoms with van der Waals surface area (Å²) in [5, 5.41) is 0. The van der Waals surface area contributed by atoms with Crippen LogP contribution < -0.4 is 10.5 Å². The molecule has 0 aliphatic rings. The molecule has 4 heteroatoms. The second-order valence-electron chi connectivity index (χ2n) is 3.62. The molecule has 1 aromatic carbocycles. The number of rotatable bonds is 4. The van der Waals surface area contributed by atoms with Crippen molar-refractivity contribution in [1.82, 2.24) is 9.97 Å². The molecule has 0 spiro atoms. The van der Waals surface area contributed by atoms with Gasteiger partial charge in [0, 0.05) is 23.9 Å². The minimum Gasteiger partial charge on any atom is -0.439 e. The van der Waals surface area contributed by atoms with Crippen LogP contribution in [0.15, 0.2) is 36.7 Å². The molecule has 0 amide bonds. The highest BCUT2D eigenvalue weighted by Gasteiger charge is 2.04. The predicted molar refractivity (Wildman–Crippen MR) is 65.8 cm³/mol. The molecule has 0 saturated carbocycles. The number of aryl methyl sites for hydroxylation is 1. The maximum Gasteiger partial charge on any atom is 0.222 e. The van der Waals surface area contributed by atoms with Crippen LogP contribution in [-0.2, 0) is 13.0 Å². The summed E-state index contributed by atoms with van der Waals surface area (Å²) in [6, 6.07) is 9.52. The van der Waals surface area contributed by atoms with Gasteiger partial charge in [-0.2, -0.15) is 0 Å². The molecular formula is C13H15N3O. The largest absolute Gasteiger partial charge is 0.439 e. The first-order valence-corrected chi connectivity index (χ1v) is 5.60. The third kappa shape index (κ3) is 2.79. The number of hydrogen-bond acceptors (Lipinski definition) is 4. The van der Waals surface area contributed by atoms with Crippen LogP contribution in [0.2, 0.25) is 0 Å². The van der Waals surface area contributed by atoms with Gasteiger partial charge in [-0.05, 0) is 12.5 Å². The van der Waals surface area contributed by atoms with Gasteiger partial charge in [0.15, 0.2) is 0 Å². The fraction of sp³-hybridized carbons (Fsp3) is 0.231. The Labute approximate surface area is 100 Å². The van der Waals surface area contributed by atoms with Crippen molar-refractivity contribution in [2.75, 3.05) is 0 Å². The van der Waals surface area contributed by atoms with E-state index in [4.69, 9.17) is 10.5 Å². The van der Waals surface area contributed by atoms with E-state index in [2.05, 4.69) is 9.97 Å². The molecule has 0 saturated heterocycles. The summed E-state index contributed by atoms with van der Waals surface area (Å²) in [7, 11) is 0. The first-order valence-electron chi connectivity index (χ1n) is 5.60. The standard InChI is InChI=1S/C13H15N3O/c1-2-11-7-13(16-9-15-11)17-12-6-4-3-5-10(12)8-14/h3-7,9H,2,8,14H2,1H3. The number of para-hydroxylation sites is 1. The highest BCUT2D eigenvalue weighted by atomic mass is 16.5. The van der Waals surface area contributed by atoms with Gasteiger partial charge in [0.25, 0.3) is 0 Å². The maximum atomic E-state index is 5.71. The fourth-order valence-corrected chi connectivity index (χ4v) is 1.51. The normalized spacial score (nSPS) is 10.2.